The Morgan fingerprint density at radius 2 is 2.19 bits per heavy atom. The van der Waals surface area contributed by atoms with E-state index in [-0.39, 0.29) is 18.0 Å². The fraction of sp³-hybridized carbons (Fsp3) is 0.333. The molecule has 2 aromatic heterocycles. The molecule has 0 unspecified atom stereocenters. The van der Waals surface area contributed by atoms with Crippen LogP contribution in [0.3, 0.4) is 0 Å². The van der Waals surface area contributed by atoms with Crippen LogP contribution in [0.15, 0.2) is 15.8 Å². The molecule has 0 fully saturated rings. The van der Waals surface area contributed by atoms with E-state index in [0.717, 1.165) is 6.54 Å². The molecule has 0 aliphatic carbocycles. The van der Waals surface area contributed by atoms with E-state index in [1.165, 1.54) is 17.5 Å². The Morgan fingerprint density at radius 1 is 1.43 bits per heavy atom. The van der Waals surface area contributed by atoms with Gasteiger partial charge < -0.3 is 15.6 Å². The van der Waals surface area contributed by atoms with Gasteiger partial charge in [0.25, 0.3) is 11.5 Å². The van der Waals surface area contributed by atoms with Gasteiger partial charge in [0, 0.05) is 12.7 Å². The number of hydrogen-bond donors (Lipinski definition) is 4. The molecule has 0 saturated carbocycles. The van der Waals surface area contributed by atoms with Crippen molar-refractivity contribution < 1.29 is 4.79 Å². The molecule has 2 aromatic rings. The van der Waals surface area contributed by atoms with Gasteiger partial charge in [-0.25, -0.2) is 9.78 Å². The maximum Gasteiger partial charge on any atom is 0.325 e. The Kier molecular flexibility index (Phi) is 4.53. The molecule has 21 heavy (non-hydrogen) atoms. The smallest absolute Gasteiger partial charge is 0.325 e. The van der Waals surface area contributed by atoms with E-state index in [0.29, 0.717) is 15.7 Å². The lowest BCUT2D eigenvalue weighted by Crippen LogP contribution is -2.30. The zero-order valence-electron chi connectivity index (χ0n) is 11.6. The van der Waals surface area contributed by atoms with Crippen LogP contribution in [0.2, 0.25) is 0 Å². The SMILES string of the molecule is CCNc1nc(C)c(C(=O)NCc2c[nH]c(=O)[nH]c2=O)s1. The summed E-state index contributed by atoms with van der Waals surface area (Å²) in [5.74, 6) is -0.306. The van der Waals surface area contributed by atoms with Crippen LogP contribution < -0.4 is 21.9 Å². The topological polar surface area (TPSA) is 120 Å². The van der Waals surface area contributed by atoms with Crippen molar-refractivity contribution in [1.29, 1.82) is 0 Å². The molecule has 112 valence electrons. The highest BCUT2D eigenvalue weighted by Crippen LogP contribution is 2.22. The Bertz CT molecular complexity index is 761. The minimum atomic E-state index is -0.580. The predicted molar refractivity (Wildman–Crippen MR) is 79.9 cm³/mol. The number of nitrogens with one attached hydrogen (secondary N) is 4. The van der Waals surface area contributed by atoms with Gasteiger partial charge in [-0.05, 0) is 13.8 Å². The average molecular weight is 309 g/mol. The minimum Gasteiger partial charge on any atom is -0.362 e. The van der Waals surface area contributed by atoms with Crippen molar-refractivity contribution in [1.82, 2.24) is 20.3 Å². The molecule has 8 nitrogen and oxygen atoms in total. The van der Waals surface area contributed by atoms with Crippen LogP contribution in [0.4, 0.5) is 5.13 Å². The maximum absolute atomic E-state index is 12.1. The lowest BCUT2D eigenvalue weighted by atomic mass is 10.3. The molecular formula is C12H15N5O3S. The first-order chi connectivity index (χ1) is 10.0. The van der Waals surface area contributed by atoms with Crippen LogP contribution in [0.1, 0.15) is 27.9 Å². The molecule has 0 aromatic carbocycles. The fourth-order valence-electron chi connectivity index (χ4n) is 1.66. The summed E-state index contributed by atoms with van der Waals surface area (Å²) in [7, 11) is 0. The summed E-state index contributed by atoms with van der Waals surface area (Å²) in [5.41, 5.74) is -0.196. The summed E-state index contributed by atoms with van der Waals surface area (Å²) >= 11 is 1.26. The van der Waals surface area contributed by atoms with Crippen molar-refractivity contribution in [3.05, 3.63) is 43.2 Å². The summed E-state index contributed by atoms with van der Waals surface area (Å²) in [6, 6.07) is 0. The quantitative estimate of drug-likeness (QED) is 0.628. The Hall–Kier alpha value is -2.42. The molecule has 0 spiro atoms. The number of H-pyrrole nitrogens is 2. The number of aryl methyl sites for hydroxylation is 1. The van der Waals surface area contributed by atoms with Gasteiger partial charge in [0.05, 0.1) is 17.8 Å². The molecule has 0 bridgehead atoms. The van der Waals surface area contributed by atoms with Gasteiger partial charge in [0.1, 0.15) is 4.88 Å². The summed E-state index contributed by atoms with van der Waals surface area (Å²) in [5, 5.41) is 6.36. The van der Waals surface area contributed by atoms with Crippen LogP contribution in [-0.4, -0.2) is 27.4 Å². The largest absolute Gasteiger partial charge is 0.362 e. The number of carbonyl (C=O) groups excluding carboxylic acids is 1. The van der Waals surface area contributed by atoms with Crippen molar-refractivity contribution in [3.8, 4) is 0 Å². The number of rotatable bonds is 5. The van der Waals surface area contributed by atoms with Gasteiger partial charge in [-0.2, -0.15) is 0 Å². The number of anilines is 1. The van der Waals surface area contributed by atoms with E-state index in [4.69, 9.17) is 0 Å². The monoisotopic (exact) mass is 309 g/mol. The molecule has 0 aliphatic rings. The van der Waals surface area contributed by atoms with Gasteiger partial charge in [-0.3, -0.25) is 14.6 Å². The van der Waals surface area contributed by atoms with Gasteiger partial charge in [-0.1, -0.05) is 11.3 Å². The van der Waals surface area contributed by atoms with Crippen molar-refractivity contribution in [2.24, 2.45) is 0 Å². The van der Waals surface area contributed by atoms with Crippen LogP contribution in [0.25, 0.3) is 0 Å². The zero-order valence-corrected chi connectivity index (χ0v) is 12.4. The highest BCUT2D eigenvalue weighted by molar-refractivity contribution is 7.17. The van der Waals surface area contributed by atoms with Gasteiger partial charge >= 0.3 is 5.69 Å². The average Bonchev–Trinajstić information content (AvgIpc) is 2.79. The normalized spacial score (nSPS) is 10.4. The summed E-state index contributed by atoms with van der Waals surface area (Å²) in [6.07, 6.45) is 1.28. The second-order valence-corrected chi connectivity index (χ2v) is 5.24. The third-order valence-corrected chi connectivity index (χ3v) is 3.78. The van der Waals surface area contributed by atoms with E-state index in [1.54, 1.807) is 6.92 Å². The molecule has 0 radical (unpaired) electrons. The van der Waals surface area contributed by atoms with Crippen molar-refractivity contribution in [2.75, 3.05) is 11.9 Å². The number of thiazole rings is 1. The molecule has 0 aliphatic heterocycles. The molecule has 1 amide bonds. The van der Waals surface area contributed by atoms with Crippen molar-refractivity contribution in [2.45, 2.75) is 20.4 Å². The van der Waals surface area contributed by atoms with Crippen LogP contribution in [-0.2, 0) is 6.54 Å². The highest BCUT2D eigenvalue weighted by atomic mass is 32.1. The Labute approximate surface area is 123 Å². The summed E-state index contributed by atoms with van der Waals surface area (Å²) < 4.78 is 0. The number of aromatic nitrogens is 3. The van der Waals surface area contributed by atoms with E-state index >= 15 is 0 Å². The molecule has 2 heterocycles. The number of carbonyl (C=O) groups is 1. The molecule has 0 saturated heterocycles. The van der Waals surface area contributed by atoms with Crippen LogP contribution >= 0.6 is 11.3 Å². The third-order valence-electron chi connectivity index (χ3n) is 2.67. The van der Waals surface area contributed by atoms with E-state index in [9.17, 15) is 14.4 Å². The Morgan fingerprint density at radius 3 is 2.86 bits per heavy atom. The van der Waals surface area contributed by atoms with Crippen LogP contribution in [0.5, 0.6) is 0 Å². The lowest BCUT2D eigenvalue weighted by Gasteiger charge is -2.02. The number of amides is 1. The van der Waals surface area contributed by atoms with E-state index in [2.05, 4.69) is 25.6 Å². The van der Waals surface area contributed by atoms with Gasteiger partial charge in [-0.15, -0.1) is 0 Å². The number of nitrogens with zero attached hydrogens (tertiary/aromatic N) is 1. The number of aromatic amines is 2. The zero-order chi connectivity index (χ0) is 15.4. The lowest BCUT2D eigenvalue weighted by molar-refractivity contribution is 0.0954. The van der Waals surface area contributed by atoms with Crippen molar-refractivity contribution >= 4 is 22.4 Å². The standard InChI is InChI=1S/C12H15N5O3S/c1-3-13-12-16-6(2)8(21-12)10(19)14-4-7-5-15-11(20)17-9(7)18/h5H,3-4H2,1-2H3,(H,13,16)(H,14,19)(H2,15,17,18,20). The Balaban J connectivity index is 2.08. The molecule has 2 rings (SSSR count). The van der Waals surface area contributed by atoms with Crippen LogP contribution in [0, 0.1) is 6.92 Å². The van der Waals surface area contributed by atoms with E-state index in [1.807, 2.05) is 6.92 Å². The molecular weight excluding hydrogens is 294 g/mol. The second-order valence-electron chi connectivity index (χ2n) is 4.24. The maximum atomic E-state index is 12.1. The summed E-state index contributed by atoms with van der Waals surface area (Å²) in [6.45, 7) is 4.44. The fourth-order valence-corrected chi connectivity index (χ4v) is 2.61. The van der Waals surface area contributed by atoms with Crippen molar-refractivity contribution in [3.63, 3.8) is 0 Å². The van der Waals surface area contributed by atoms with E-state index < -0.39 is 11.2 Å². The first kappa shape index (κ1) is 15.0. The van der Waals surface area contributed by atoms with Gasteiger partial charge in [0.2, 0.25) is 0 Å². The first-order valence-corrected chi connectivity index (χ1v) is 7.13. The number of hydrogen-bond acceptors (Lipinski definition) is 6. The van der Waals surface area contributed by atoms with Gasteiger partial charge in [0.15, 0.2) is 5.13 Å². The minimum absolute atomic E-state index is 0.0266. The molecule has 4 N–H and O–H groups in total. The summed E-state index contributed by atoms with van der Waals surface area (Å²) in [4.78, 5) is 43.7. The molecule has 9 heteroatoms. The molecule has 0 atom stereocenters. The third kappa shape index (κ3) is 3.57. The predicted octanol–water partition coefficient (Wildman–Crippen LogP) is 0.190. The highest BCUT2D eigenvalue weighted by Gasteiger charge is 2.15. The first-order valence-electron chi connectivity index (χ1n) is 6.31. The second kappa shape index (κ2) is 6.35.